The fraction of sp³-hybridized carbons (Fsp3) is 0.714. The first kappa shape index (κ1) is 14.4. The van der Waals surface area contributed by atoms with E-state index in [2.05, 4.69) is 17.3 Å². The maximum atomic E-state index is 12.4. The maximum absolute atomic E-state index is 12.4. The highest BCUT2D eigenvalue weighted by Crippen LogP contribution is 2.30. The molecule has 5 heteroatoms. The molecule has 1 saturated carbocycles. The van der Waals surface area contributed by atoms with Crippen molar-refractivity contribution in [3.05, 3.63) is 17.0 Å². The van der Waals surface area contributed by atoms with E-state index in [1.165, 1.54) is 12.8 Å². The van der Waals surface area contributed by atoms with Gasteiger partial charge >= 0.3 is 0 Å². The standard InChI is InChI=1S/C14H23N3OS/c1-5-19-12-8-6-7-11(12)15-14(18)13-9(2)16-17(4)10(13)3/h11-12H,5-8H2,1-4H3,(H,15,18). The number of hydrogen-bond donors (Lipinski definition) is 1. The Morgan fingerprint density at radius 1 is 1.47 bits per heavy atom. The SMILES string of the molecule is CCSC1CCCC1NC(=O)c1c(C)nn(C)c1C. The molecule has 1 aliphatic rings. The average molecular weight is 281 g/mol. The van der Waals surface area contributed by atoms with Crippen LogP contribution in [0.3, 0.4) is 0 Å². The zero-order valence-corrected chi connectivity index (χ0v) is 13.0. The minimum atomic E-state index is 0.0386. The minimum Gasteiger partial charge on any atom is -0.348 e. The van der Waals surface area contributed by atoms with Gasteiger partial charge in [0.2, 0.25) is 0 Å². The van der Waals surface area contributed by atoms with Crippen molar-refractivity contribution in [3.63, 3.8) is 0 Å². The first-order valence-electron chi connectivity index (χ1n) is 6.97. The number of aromatic nitrogens is 2. The molecule has 106 valence electrons. The van der Waals surface area contributed by atoms with E-state index >= 15 is 0 Å². The van der Waals surface area contributed by atoms with Crippen LogP contribution in [0.5, 0.6) is 0 Å². The van der Waals surface area contributed by atoms with Crippen molar-refractivity contribution in [2.75, 3.05) is 5.75 Å². The van der Waals surface area contributed by atoms with Gasteiger partial charge in [0.25, 0.3) is 5.91 Å². The van der Waals surface area contributed by atoms with Crippen LogP contribution in [0.1, 0.15) is 47.9 Å². The van der Waals surface area contributed by atoms with Crippen molar-refractivity contribution in [1.29, 1.82) is 0 Å². The molecule has 0 bridgehead atoms. The van der Waals surface area contributed by atoms with Gasteiger partial charge in [-0.05, 0) is 32.4 Å². The highest BCUT2D eigenvalue weighted by atomic mass is 32.2. The lowest BCUT2D eigenvalue weighted by Gasteiger charge is -2.20. The van der Waals surface area contributed by atoms with Crippen LogP contribution in [0.25, 0.3) is 0 Å². The molecule has 0 saturated heterocycles. The van der Waals surface area contributed by atoms with Crippen molar-refractivity contribution in [3.8, 4) is 0 Å². The summed E-state index contributed by atoms with van der Waals surface area (Å²) in [4.78, 5) is 12.4. The Labute approximate surface area is 119 Å². The molecule has 0 radical (unpaired) electrons. The van der Waals surface area contributed by atoms with E-state index in [1.807, 2.05) is 32.7 Å². The molecule has 19 heavy (non-hydrogen) atoms. The summed E-state index contributed by atoms with van der Waals surface area (Å²) in [7, 11) is 1.88. The van der Waals surface area contributed by atoms with E-state index < -0.39 is 0 Å². The number of amides is 1. The Morgan fingerprint density at radius 2 is 2.21 bits per heavy atom. The normalized spacial score (nSPS) is 22.7. The molecule has 4 nitrogen and oxygen atoms in total. The van der Waals surface area contributed by atoms with Crippen LogP contribution in [-0.2, 0) is 7.05 Å². The summed E-state index contributed by atoms with van der Waals surface area (Å²) in [5.41, 5.74) is 2.50. The van der Waals surface area contributed by atoms with Gasteiger partial charge in [-0.25, -0.2) is 0 Å². The Bertz CT molecular complexity index is 470. The van der Waals surface area contributed by atoms with E-state index in [0.29, 0.717) is 11.3 Å². The van der Waals surface area contributed by atoms with Gasteiger partial charge in [-0.3, -0.25) is 9.48 Å². The predicted molar refractivity (Wildman–Crippen MR) is 79.7 cm³/mol. The Morgan fingerprint density at radius 3 is 2.79 bits per heavy atom. The van der Waals surface area contributed by atoms with E-state index in [4.69, 9.17) is 0 Å². The van der Waals surface area contributed by atoms with Crippen LogP contribution < -0.4 is 5.32 Å². The molecule has 1 aromatic heterocycles. The molecule has 2 unspecified atom stereocenters. The molecule has 1 aromatic rings. The molecule has 0 aromatic carbocycles. The summed E-state index contributed by atoms with van der Waals surface area (Å²) in [6.07, 6.45) is 3.53. The fourth-order valence-corrected chi connectivity index (χ4v) is 4.05. The first-order valence-corrected chi connectivity index (χ1v) is 8.02. The number of hydrogen-bond acceptors (Lipinski definition) is 3. The van der Waals surface area contributed by atoms with Gasteiger partial charge in [0.15, 0.2) is 0 Å². The average Bonchev–Trinajstić information content (AvgIpc) is 2.86. The van der Waals surface area contributed by atoms with Gasteiger partial charge in [-0.15, -0.1) is 0 Å². The molecule has 2 rings (SSSR count). The molecule has 0 spiro atoms. The van der Waals surface area contributed by atoms with Gasteiger partial charge in [0.05, 0.1) is 11.3 Å². The van der Waals surface area contributed by atoms with Crippen LogP contribution in [-0.4, -0.2) is 32.7 Å². The lowest BCUT2D eigenvalue weighted by atomic mass is 10.1. The third kappa shape index (κ3) is 2.96. The summed E-state index contributed by atoms with van der Waals surface area (Å²) in [6.45, 7) is 6.02. The molecular formula is C14H23N3OS. The summed E-state index contributed by atoms with van der Waals surface area (Å²) < 4.78 is 1.77. The second-order valence-corrected chi connectivity index (χ2v) is 6.69. The Hall–Kier alpha value is -0.970. The third-order valence-electron chi connectivity index (χ3n) is 3.89. The highest BCUT2D eigenvalue weighted by molar-refractivity contribution is 7.99. The zero-order chi connectivity index (χ0) is 14.0. The number of nitrogens with one attached hydrogen (secondary N) is 1. The quantitative estimate of drug-likeness (QED) is 0.922. The van der Waals surface area contributed by atoms with Crippen molar-refractivity contribution >= 4 is 17.7 Å². The van der Waals surface area contributed by atoms with Crippen molar-refractivity contribution in [1.82, 2.24) is 15.1 Å². The maximum Gasteiger partial charge on any atom is 0.255 e. The topological polar surface area (TPSA) is 46.9 Å². The zero-order valence-electron chi connectivity index (χ0n) is 12.2. The predicted octanol–water partition coefficient (Wildman–Crippen LogP) is 2.44. The third-order valence-corrected chi connectivity index (χ3v) is 5.21. The van der Waals surface area contributed by atoms with Crippen molar-refractivity contribution in [2.24, 2.45) is 7.05 Å². The van der Waals surface area contributed by atoms with E-state index in [1.54, 1.807) is 4.68 Å². The molecule has 1 aliphatic carbocycles. The number of nitrogens with zero attached hydrogens (tertiary/aromatic N) is 2. The summed E-state index contributed by atoms with van der Waals surface area (Å²) in [6, 6.07) is 0.316. The Kier molecular flexibility index (Phi) is 4.55. The summed E-state index contributed by atoms with van der Waals surface area (Å²) in [5, 5.41) is 8.10. The molecule has 0 aliphatic heterocycles. The monoisotopic (exact) mass is 281 g/mol. The Balaban J connectivity index is 2.08. The second kappa shape index (κ2) is 5.99. The first-order chi connectivity index (χ1) is 9.04. The van der Waals surface area contributed by atoms with Crippen molar-refractivity contribution in [2.45, 2.75) is 51.3 Å². The van der Waals surface area contributed by atoms with Gasteiger partial charge < -0.3 is 5.32 Å². The number of carbonyl (C=O) groups is 1. The number of rotatable bonds is 4. The minimum absolute atomic E-state index is 0.0386. The molecule has 2 atom stereocenters. The molecule has 1 heterocycles. The second-order valence-electron chi connectivity index (χ2n) is 5.17. The van der Waals surface area contributed by atoms with Crippen LogP contribution in [0, 0.1) is 13.8 Å². The lowest BCUT2D eigenvalue weighted by molar-refractivity contribution is 0.0937. The highest BCUT2D eigenvalue weighted by Gasteiger charge is 2.30. The largest absolute Gasteiger partial charge is 0.348 e. The van der Waals surface area contributed by atoms with Crippen LogP contribution >= 0.6 is 11.8 Å². The number of aryl methyl sites for hydroxylation is 2. The number of thioether (sulfide) groups is 1. The summed E-state index contributed by atoms with van der Waals surface area (Å²) >= 11 is 1.96. The number of carbonyl (C=O) groups excluding carboxylic acids is 1. The van der Waals surface area contributed by atoms with Crippen LogP contribution in [0.2, 0.25) is 0 Å². The van der Waals surface area contributed by atoms with Gasteiger partial charge in [-0.2, -0.15) is 16.9 Å². The van der Waals surface area contributed by atoms with Crippen molar-refractivity contribution < 1.29 is 4.79 Å². The van der Waals surface area contributed by atoms with Gasteiger partial charge in [-0.1, -0.05) is 13.3 Å². The summed E-state index contributed by atoms with van der Waals surface area (Å²) in [5.74, 6) is 1.15. The van der Waals surface area contributed by atoms with Crippen LogP contribution in [0.15, 0.2) is 0 Å². The van der Waals surface area contributed by atoms with E-state index in [0.717, 1.165) is 29.1 Å². The lowest BCUT2D eigenvalue weighted by Crippen LogP contribution is -2.39. The molecule has 1 fully saturated rings. The van der Waals surface area contributed by atoms with E-state index in [-0.39, 0.29) is 5.91 Å². The molecule has 1 amide bonds. The van der Waals surface area contributed by atoms with E-state index in [9.17, 15) is 4.79 Å². The van der Waals surface area contributed by atoms with Gasteiger partial charge in [0, 0.05) is 24.0 Å². The fourth-order valence-electron chi connectivity index (χ4n) is 2.85. The van der Waals surface area contributed by atoms with Gasteiger partial charge in [0.1, 0.15) is 0 Å². The van der Waals surface area contributed by atoms with Crippen LogP contribution in [0.4, 0.5) is 0 Å². The smallest absolute Gasteiger partial charge is 0.255 e. The molecular weight excluding hydrogens is 258 g/mol. The molecule has 1 N–H and O–H groups in total.